The van der Waals surface area contributed by atoms with Crippen molar-refractivity contribution < 1.29 is 14.3 Å². The second-order valence-electron chi connectivity index (χ2n) is 7.74. The lowest BCUT2D eigenvalue weighted by molar-refractivity contribution is 0.0565. The van der Waals surface area contributed by atoms with Gasteiger partial charge in [-0.25, -0.2) is 4.79 Å². The van der Waals surface area contributed by atoms with E-state index in [2.05, 4.69) is 31.3 Å². The molecule has 0 saturated carbocycles. The number of rotatable bonds is 4. The van der Waals surface area contributed by atoms with Gasteiger partial charge >= 0.3 is 6.03 Å². The first-order chi connectivity index (χ1) is 16.5. The number of nitrogens with zero attached hydrogens (tertiary/aromatic N) is 5. The molecule has 0 bridgehead atoms. The molecule has 2 aromatic carbocycles. The van der Waals surface area contributed by atoms with Crippen LogP contribution in [0.1, 0.15) is 10.5 Å². The number of hydrogen-bond acceptors (Lipinski definition) is 6. The van der Waals surface area contributed by atoms with E-state index in [1.54, 1.807) is 40.8 Å². The Morgan fingerprint density at radius 3 is 2.68 bits per heavy atom. The number of morpholine rings is 1. The van der Waals surface area contributed by atoms with Crippen molar-refractivity contribution in [1.29, 1.82) is 0 Å². The summed E-state index contributed by atoms with van der Waals surface area (Å²) in [6.07, 6.45) is 0. The van der Waals surface area contributed by atoms with Crippen LogP contribution in [0.3, 0.4) is 0 Å². The molecule has 5 rings (SSSR count). The van der Waals surface area contributed by atoms with E-state index in [-0.39, 0.29) is 11.9 Å². The van der Waals surface area contributed by atoms with E-state index in [1.165, 1.54) is 0 Å². The topological polar surface area (TPSA) is 130 Å². The Morgan fingerprint density at radius 1 is 1.09 bits per heavy atom. The smallest absolute Gasteiger partial charge is 0.322 e. The predicted molar refractivity (Wildman–Crippen MR) is 127 cm³/mol. The van der Waals surface area contributed by atoms with E-state index in [0.29, 0.717) is 59.8 Å². The van der Waals surface area contributed by atoms with Crippen LogP contribution in [-0.4, -0.2) is 68.3 Å². The van der Waals surface area contributed by atoms with Crippen molar-refractivity contribution in [1.82, 2.24) is 30.1 Å². The summed E-state index contributed by atoms with van der Waals surface area (Å²) in [5.74, 6) is -0.0285. The second kappa shape index (κ2) is 9.12. The maximum absolute atomic E-state index is 13.3. The lowest BCUT2D eigenvalue weighted by Crippen LogP contribution is -2.43. The first-order valence-electron chi connectivity index (χ1n) is 10.6. The maximum atomic E-state index is 13.3. The summed E-state index contributed by atoms with van der Waals surface area (Å²) in [5, 5.41) is 21.1. The molecule has 11 nitrogen and oxygen atoms in total. The highest BCUT2D eigenvalue weighted by Crippen LogP contribution is 2.30. The lowest BCUT2D eigenvalue weighted by atomic mass is 10.1. The first-order valence-corrected chi connectivity index (χ1v) is 11.0. The maximum Gasteiger partial charge on any atom is 0.322 e. The van der Waals surface area contributed by atoms with Crippen LogP contribution in [0.2, 0.25) is 5.02 Å². The summed E-state index contributed by atoms with van der Waals surface area (Å²) >= 11 is 6.13. The van der Waals surface area contributed by atoms with Crippen molar-refractivity contribution in [2.75, 3.05) is 36.9 Å². The molecule has 3 N–H and O–H groups in total. The van der Waals surface area contributed by atoms with E-state index in [0.717, 1.165) is 10.9 Å². The zero-order valence-electron chi connectivity index (χ0n) is 18.2. The standard InChI is InChI=1S/C22H21ClN8O3/c1-30-18(21(32)24-16-6-5-14(23)12-15(16)20-26-28-29-27-20)11-13-3-2-4-17(19(13)30)25-22(33)31-7-9-34-10-8-31/h2-6,11-12H,7-10H2,1H3,(H,24,32)(H,25,33)(H,26,27,28,29). The highest BCUT2D eigenvalue weighted by molar-refractivity contribution is 6.31. The summed E-state index contributed by atoms with van der Waals surface area (Å²) in [6.45, 7) is 2.10. The Labute approximate surface area is 199 Å². The van der Waals surface area contributed by atoms with E-state index in [4.69, 9.17) is 16.3 Å². The van der Waals surface area contributed by atoms with Gasteiger partial charge in [-0.1, -0.05) is 23.7 Å². The number of aromatic nitrogens is 5. The molecule has 1 aliphatic heterocycles. The highest BCUT2D eigenvalue weighted by atomic mass is 35.5. The number of nitrogens with one attached hydrogen (secondary N) is 3. The number of ether oxygens (including phenoxy) is 1. The average molecular weight is 481 g/mol. The van der Waals surface area contributed by atoms with E-state index in [9.17, 15) is 9.59 Å². The fourth-order valence-electron chi connectivity index (χ4n) is 3.97. The number of carbonyl (C=O) groups excluding carboxylic acids is 2. The van der Waals surface area contributed by atoms with Crippen molar-refractivity contribution in [2.24, 2.45) is 7.05 Å². The number of anilines is 2. The minimum Gasteiger partial charge on any atom is -0.378 e. The van der Waals surface area contributed by atoms with Gasteiger partial charge in [0, 0.05) is 36.1 Å². The number of H-pyrrole nitrogens is 1. The van der Waals surface area contributed by atoms with Crippen LogP contribution < -0.4 is 10.6 Å². The Morgan fingerprint density at radius 2 is 1.91 bits per heavy atom. The lowest BCUT2D eigenvalue weighted by Gasteiger charge is -2.27. The first kappa shape index (κ1) is 21.9. The van der Waals surface area contributed by atoms with Crippen LogP contribution in [0.25, 0.3) is 22.3 Å². The average Bonchev–Trinajstić information content (AvgIpc) is 3.50. The van der Waals surface area contributed by atoms with Gasteiger partial charge in [-0.3, -0.25) is 4.79 Å². The number of para-hydroxylation sites is 1. The zero-order valence-corrected chi connectivity index (χ0v) is 19.0. The summed E-state index contributed by atoms with van der Waals surface area (Å²) in [7, 11) is 1.78. The van der Waals surface area contributed by atoms with Gasteiger partial charge in [0.2, 0.25) is 5.82 Å². The van der Waals surface area contributed by atoms with Gasteiger partial charge < -0.3 is 24.8 Å². The fourth-order valence-corrected chi connectivity index (χ4v) is 4.14. The quantitative estimate of drug-likeness (QED) is 0.411. The summed E-state index contributed by atoms with van der Waals surface area (Å²) in [6, 6.07) is 12.1. The molecular formula is C22H21ClN8O3. The molecule has 34 heavy (non-hydrogen) atoms. The van der Waals surface area contributed by atoms with Crippen molar-refractivity contribution in [3.63, 3.8) is 0 Å². The summed E-state index contributed by atoms with van der Waals surface area (Å²) < 4.78 is 7.07. The van der Waals surface area contributed by atoms with Crippen LogP contribution >= 0.6 is 11.6 Å². The SMILES string of the molecule is Cn1c(C(=O)Nc2ccc(Cl)cc2-c2nn[nH]n2)cc2cccc(NC(=O)N3CCOCC3)c21. The minimum atomic E-state index is -0.337. The number of hydrogen-bond donors (Lipinski definition) is 3. The summed E-state index contributed by atoms with van der Waals surface area (Å²) in [5.41, 5.74) is 2.80. The molecular weight excluding hydrogens is 460 g/mol. The third-order valence-corrected chi connectivity index (χ3v) is 5.88. The van der Waals surface area contributed by atoms with Crippen molar-refractivity contribution >= 4 is 45.8 Å². The molecule has 4 aromatic rings. The largest absolute Gasteiger partial charge is 0.378 e. The van der Waals surface area contributed by atoms with Crippen molar-refractivity contribution in [2.45, 2.75) is 0 Å². The molecule has 0 aliphatic carbocycles. The Balaban J connectivity index is 1.44. The Kier molecular flexibility index (Phi) is 5.86. The van der Waals surface area contributed by atoms with Crippen LogP contribution in [0.5, 0.6) is 0 Å². The molecule has 2 aromatic heterocycles. The van der Waals surface area contributed by atoms with Crippen LogP contribution in [0.15, 0.2) is 42.5 Å². The molecule has 0 radical (unpaired) electrons. The molecule has 174 valence electrons. The monoisotopic (exact) mass is 480 g/mol. The van der Waals surface area contributed by atoms with E-state index < -0.39 is 0 Å². The van der Waals surface area contributed by atoms with Gasteiger partial charge in [0.1, 0.15) is 5.69 Å². The number of carbonyl (C=O) groups is 2. The molecule has 3 amide bonds. The van der Waals surface area contributed by atoms with Crippen LogP contribution in [0.4, 0.5) is 16.2 Å². The van der Waals surface area contributed by atoms with E-state index in [1.807, 2.05) is 18.2 Å². The molecule has 1 aliphatic rings. The molecule has 1 saturated heterocycles. The second-order valence-corrected chi connectivity index (χ2v) is 8.18. The number of urea groups is 1. The molecule has 1 fully saturated rings. The number of fused-ring (bicyclic) bond motifs is 1. The highest BCUT2D eigenvalue weighted by Gasteiger charge is 2.21. The fraction of sp³-hybridized carbons (Fsp3) is 0.227. The number of aromatic amines is 1. The van der Waals surface area contributed by atoms with Crippen molar-refractivity contribution in [3.8, 4) is 11.4 Å². The Bertz CT molecular complexity index is 1360. The normalized spacial score (nSPS) is 13.8. The van der Waals surface area contributed by atoms with E-state index >= 15 is 0 Å². The number of tetrazole rings is 1. The predicted octanol–water partition coefficient (Wildman–Crippen LogP) is 3.13. The van der Waals surface area contributed by atoms with Crippen molar-refractivity contribution in [3.05, 3.63) is 53.2 Å². The van der Waals surface area contributed by atoms with Gasteiger partial charge in [0.05, 0.1) is 30.1 Å². The third kappa shape index (κ3) is 4.18. The zero-order chi connectivity index (χ0) is 23.7. The third-order valence-electron chi connectivity index (χ3n) is 5.64. The molecule has 0 atom stereocenters. The van der Waals surface area contributed by atoms with Crippen LogP contribution in [0, 0.1) is 0 Å². The Hall–Kier alpha value is -3.96. The molecule has 3 heterocycles. The van der Waals surface area contributed by atoms with Gasteiger partial charge in [-0.15, -0.1) is 10.2 Å². The molecule has 12 heteroatoms. The van der Waals surface area contributed by atoms with Gasteiger partial charge in [-0.2, -0.15) is 5.21 Å². The number of amides is 3. The van der Waals surface area contributed by atoms with Gasteiger partial charge in [0.25, 0.3) is 5.91 Å². The summed E-state index contributed by atoms with van der Waals surface area (Å²) in [4.78, 5) is 27.7. The minimum absolute atomic E-state index is 0.200. The molecule has 0 spiro atoms. The number of benzene rings is 2. The molecule has 0 unspecified atom stereocenters. The number of aryl methyl sites for hydroxylation is 1. The van der Waals surface area contributed by atoms with Gasteiger partial charge in [0.15, 0.2) is 0 Å². The van der Waals surface area contributed by atoms with Crippen LogP contribution in [-0.2, 0) is 11.8 Å². The van der Waals surface area contributed by atoms with Gasteiger partial charge in [-0.05, 0) is 35.5 Å². The number of halogens is 1.